The van der Waals surface area contributed by atoms with Gasteiger partial charge < -0.3 is 4.74 Å². The molecule has 2 N–H and O–H groups in total. The summed E-state index contributed by atoms with van der Waals surface area (Å²) in [4.78, 5) is 37.7. The van der Waals surface area contributed by atoms with E-state index in [1.807, 2.05) is 0 Å². The van der Waals surface area contributed by atoms with Crippen LogP contribution in [0.2, 0.25) is 0 Å². The molecular formula is C18H17N3O4. The number of fused-ring (bicyclic) bond motifs is 1. The number of hydrazine groups is 1. The molecule has 0 aliphatic carbocycles. The predicted molar refractivity (Wildman–Crippen MR) is 91.0 cm³/mol. The van der Waals surface area contributed by atoms with Crippen molar-refractivity contribution in [1.29, 1.82) is 0 Å². The summed E-state index contributed by atoms with van der Waals surface area (Å²) in [6.45, 7) is 0.0486. The first-order valence-corrected chi connectivity index (χ1v) is 7.81. The van der Waals surface area contributed by atoms with E-state index >= 15 is 0 Å². The molecule has 3 amide bonds. The minimum Gasteiger partial charge on any atom is -0.491 e. The van der Waals surface area contributed by atoms with E-state index in [0.717, 1.165) is 0 Å². The zero-order valence-corrected chi connectivity index (χ0v) is 13.4. The maximum absolute atomic E-state index is 12.3. The lowest BCUT2D eigenvalue weighted by molar-refractivity contribution is -0.124. The second-order valence-electron chi connectivity index (χ2n) is 5.41. The number of rotatable bonds is 3. The lowest BCUT2D eigenvalue weighted by Crippen LogP contribution is -2.47. The van der Waals surface area contributed by atoms with E-state index in [-0.39, 0.29) is 25.5 Å². The van der Waals surface area contributed by atoms with Gasteiger partial charge in [0.05, 0.1) is 18.7 Å². The van der Waals surface area contributed by atoms with Crippen LogP contribution in [0, 0.1) is 0 Å². The molecule has 1 aliphatic heterocycles. The van der Waals surface area contributed by atoms with E-state index in [0.29, 0.717) is 17.0 Å². The second kappa shape index (κ2) is 7.48. The number of nitrogens with zero attached hydrogens (tertiary/aromatic N) is 1. The number of anilines is 1. The molecule has 7 heteroatoms. The minimum atomic E-state index is -0.505. The van der Waals surface area contributed by atoms with Gasteiger partial charge in [-0.2, -0.15) is 0 Å². The minimum absolute atomic E-state index is 0.179. The summed E-state index contributed by atoms with van der Waals surface area (Å²) in [5.74, 6) is -0.599. The van der Waals surface area contributed by atoms with Crippen LogP contribution in [0.5, 0.6) is 5.75 Å². The summed E-state index contributed by atoms with van der Waals surface area (Å²) in [6, 6.07) is 15.5. The Morgan fingerprint density at radius 3 is 2.52 bits per heavy atom. The van der Waals surface area contributed by atoms with Crippen LogP contribution >= 0.6 is 0 Å². The Kier molecular flexibility index (Phi) is 4.94. The van der Waals surface area contributed by atoms with Gasteiger partial charge >= 0.3 is 0 Å². The summed E-state index contributed by atoms with van der Waals surface area (Å²) >= 11 is 0. The molecule has 0 saturated heterocycles. The lowest BCUT2D eigenvalue weighted by atomic mass is 10.2. The lowest BCUT2D eigenvalue weighted by Gasteiger charge is -2.21. The molecule has 1 aliphatic rings. The number of hydrogen-bond donors (Lipinski definition) is 2. The Hall–Kier alpha value is -3.35. The molecule has 0 aromatic heterocycles. The molecule has 128 valence electrons. The van der Waals surface area contributed by atoms with E-state index in [2.05, 4.69) is 10.9 Å². The molecule has 25 heavy (non-hydrogen) atoms. The van der Waals surface area contributed by atoms with Gasteiger partial charge in [-0.05, 0) is 24.3 Å². The number of amides is 3. The maximum Gasteiger partial charge on any atom is 0.269 e. The predicted octanol–water partition coefficient (Wildman–Crippen LogP) is 1.26. The quantitative estimate of drug-likeness (QED) is 0.824. The Bertz CT molecular complexity index is 792. The van der Waals surface area contributed by atoms with Crippen molar-refractivity contribution in [3.8, 4) is 5.75 Å². The van der Waals surface area contributed by atoms with Crippen LogP contribution in [0.1, 0.15) is 16.8 Å². The van der Waals surface area contributed by atoms with Crippen molar-refractivity contribution < 1.29 is 19.1 Å². The van der Waals surface area contributed by atoms with Crippen molar-refractivity contribution in [2.75, 3.05) is 18.1 Å². The number of carbonyl (C=O) groups is 3. The van der Waals surface area contributed by atoms with Crippen molar-refractivity contribution >= 4 is 23.4 Å². The van der Waals surface area contributed by atoms with Gasteiger partial charge in [0.2, 0.25) is 5.91 Å². The zero-order valence-electron chi connectivity index (χ0n) is 13.4. The highest BCUT2D eigenvalue weighted by Crippen LogP contribution is 2.30. The number of nitrogens with one attached hydrogen (secondary N) is 2. The van der Waals surface area contributed by atoms with Gasteiger partial charge in [0.25, 0.3) is 11.8 Å². The van der Waals surface area contributed by atoms with E-state index < -0.39 is 11.8 Å². The standard InChI is InChI=1S/C18H17N3O4/c22-16(19-20-18(24)13-6-2-1-3-7-13)12-21-14-8-4-5-9-15(14)25-11-10-17(21)23/h1-9H,10-12H2,(H,19,22)(H,20,24). The van der Waals surface area contributed by atoms with Crippen LogP contribution in [0.3, 0.4) is 0 Å². The number of ether oxygens (including phenoxy) is 1. The highest BCUT2D eigenvalue weighted by atomic mass is 16.5. The molecule has 7 nitrogen and oxygen atoms in total. The summed E-state index contributed by atoms with van der Waals surface area (Å²) in [7, 11) is 0. The Morgan fingerprint density at radius 2 is 1.72 bits per heavy atom. The number of carbonyl (C=O) groups excluding carboxylic acids is 3. The van der Waals surface area contributed by atoms with Crippen molar-refractivity contribution in [3.63, 3.8) is 0 Å². The van der Waals surface area contributed by atoms with E-state index in [9.17, 15) is 14.4 Å². The Balaban J connectivity index is 1.64. The van der Waals surface area contributed by atoms with Gasteiger partial charge in [-0.15, -0.1) is 0 Å². The van der Waals surface area contributed by atoms with Crippen LogP contribution in [-0.4, -0.2) is 30.9 Å². The van der Waals surface area contributed by atoms with Gasteiger partial charge in [-0.3, -0.25) is 30.1 Å². The van der Waals surface area contributed by atoms with Crippen molar-refractivity contribution in [1.82, 2.24) is 10.9 Å². The number of hydrogen-bond acceptors (Lipinski definition) is 4. The van der Waals surface area contributed by atoms with Gasteiger partial charge in [-0.1, -0.05) is 30.3 Å². The zero-order chi connectivity index (χ0) is 17.6. The van der Waals surface area contributed by atoms with Crippen LogP contribution in [0.4, 0.5) is 5.69 Å². The topological polar surface area (TPSA) is 87.7 Å². The SMILES string of the molecule is O=C(CN1C(=O)CCOc2ccccc21)NNC(=O)c1ccccc1. The number of benzene rings is 2. The van der Waals surface area contributed by atoms with Crippen molar-refractivity contribution in [3.05, 3.63) is 60.2 Å². The summed E-state index contributed by atoms with van der Waals surface area (Å²) in [6.07, 6.45) is 0.179. The molecule has 3 rings (SSSR count). The van der Waals surface area contributed by atoms with E-state index in [1.54, 1.807) is 54.6 Å². The third-order valence-corrected chi connectivity index (χ3v) is 3.68. The summed E-state index contributed by atoms with van der Waals surface area (Å²) in [5.41, 5.74) is 5.62. The van der Waals surface area contributed by atoms with Crippen LogP contribution in [-0.2, 0) is 9.59 Å². The van der Waals surface area contributed by atoms with Gasteiger partial charge in [0.15, 0.2) is 0 Å². The molecule has 0 saturated carbocycles. The van der Waals surface area contributed by atoms with Crippen LogP contribution in [0.15, 0.2) is 54.6 Å². The molecule has 0 radical (unpaired) electrons. The van der Waals surface area contributed by atoms with E-state index in [1.165, 1.54) is 4.90 Å². The highest BCUT2D eigenvalue weighted by Gasteiger charge is 2.25. The van der Waals surface area contributed by atoms with Crippen LogP contribution in [0.25, 0.3) is 0 Å². The van der Waals surface area contributed by atoms with Gasteiger partial charge in [0.1, 0.15) is 12.3 Å². The largest absolute Gasteiger partial charge is 0.491 e. The van der Waals surface area contributed by atoms with Gasteiger partial charge in [-0.25, -0.2) is 0 Å². The monoisotopic (exact) mass is 339 g/mol. The normalized spacial score (nSPS) is 13.3. The second-order valence-corrected chi connectivity index (χ2v) is 5.41. The van der Waals surface area contributed by atoms with E-state index in [4.69, 9.17) is 4.74 Å². The van der Waals surface area contributed by atoms with Crippen LogP contribution < -0.4 is 20.5 Å². The fraction of sp³-hybridized carbons (Fsp3) is 0.167. The fourth-order valence-corrected chi connectivity index (χ4v) is 2.46. The molecule has 0 atom stereocenters. The average molecular weight is 339 g/mol. The van der Waals surface area contributed by atoms with Crippen molar-refractivity contribution in [2.45, 2.75) is 6.42 Å². The molecule has 0 unspecified atom stereocenters. The first kappa shape index (κ1) is 16.5. The Morgan fingerprint density at radius 1 is 1.00 bits per heavy atom. The number of para-hydroxylation sites is 2. The third-order valence-electron chi connectivity index (χ3n) is 3.68. The molecule has 2 aromatic rings. The summed E-state index contributed by atoms with van der Waals surface area (Å²) < 4.78 is 5.52. The fourth-order valence-electron chi connectivity index (χ4n) is 2.46. The highest BCUT2D eigenvalue weighted by molar-refractivity contribution is 6.01. The molecule has 0 bridgehead atoms. The smallest absolute Gasteiger partial charge is 0.269 e. The average Bonchev–Trinajstić information content (AvgIpc) is 2.80. The van der Waals surface area contributed by atoms with Gasteiger partial charge in [0, 0.05) is 5.56 Å². The Labute approximate surface area is 144 Å². The summed E-state index contributed by atoms with van der Waals surface area (Å²) in [5, 5.41) is 0. The molecule has 1 heterocycles. The third kappa shape index (κ3) is 3.95. The van der Waals surface area contributed by atoms with Crippen molar-refractivity contribution in [2.24, 2.45) is 0 Å². The molecule has 2 aromatic carbocycles. The molecule has 0 spiro atoms. The first-order valence-electron chi connectivity index (χ1n) is 7.81. The molecular weight excluding hydrogens is 322 g/mol. The maximum atomic E-state index is 12.3. The molecule has 0 fully saturated rings. The first-order chi connectivity index (χ1) is 12.1.